The molecule has 0 atom stereocenters. The number of carbonyl (C=O) groups is 1. The Kier molecular flexibility index (Phi) is 7.94. The molecule has 2 rings (SSSR count). The number of carbonyl (C=O) groups excluding carboxylic acids is 1. The third-order valence-corrected chi connectivity index (χ3v) is 3.69. The van der Waals surface area contributed by atoms with E-state index in [1.54, 1.807) is 0 Å². The molecule has 0 saturated carbocycles. The van der Waals surface area contributed by atoms with Crippen LogP contribution in [0.2, 0.25) is 0 Å². The second-order valence-corrected chi connectivity index (χ2v) is 6.33. The summed E-state index contributed by atoms with van der Waals surface area (Å²) in [6.45, 7) is 0.508. The first-order valence-corrected chi connectivity index (χ1v) is 8.31. The number of benzene rings is 2. The molecular formula is C16H16NNaO4S. The van der Waals surface area contributed by atoms with Crippen LogP contribution in [0.25, 0.3) is 0 Å². The van der Waals surface area contributed by atoms with Gasteiger partial charge in [-0.3, -0.25) is 4.79 Å². The van der Waals surface area contributed by atoms with Crippen molar-refractivity contribution < 1.29 is 47.3 Å². The third kappa shape index (κ3) is 7.28. The van der Waals surface area contributed by atoms with Crippen molar-refractivity contribution in [2.24, 2.45) is 0 Å². The number of amides is 1. The molecule has 7 heteroatoms. The second-order valence-electron chi connectivity index (χ2n) is 4.92. The zero-order valence-corrected chi connectivity index (χ0v) is 15.7. The summed E-state index contributed by atoms with van der Waals surface area (Å²) in [5.74, 6) is -1.71. The number of hydrogen-bond donors (Lipinski definition) is 0. The molecule has 0 saturated heterocycles. The van der Waals surface area contributed by atoms with E-state index < -0.39 is 21.8 Å². The number of rotatable bonds is 6. The van der Waals surface area contributed by atoms with Gasteiger partial charge in [-0.2, -0.15) is 0 Å². The minimum Gasteiger partial charge on any atom is -0.748 e. The van der Waals surface area contributed by atoms with Gasteiger partial charge in [0.25, 0.3) is 0 Å². The molecule has 5 nitrogen and oxygen atoms in total. The van der Waals surface area contributed by atoms with E-state index in [4.69, 9.17) is 0 Å². The maximum atomic E-state index is 12.1. The largest absolute Gasteiger partial charge is 1.00 e. The molecule has 0 bridgehead atoms. The summed E-state index contributed by atoms with van der Waals surface area (Å²) in [5.41, 5.74) is 1.74. The van der Waals surface area contributed by atoms with E-state index in [1.807, 2.05) is 60.7 Å². The Hall–Kier alpha value is -1.18. The Morgan fingerprint density at radius 1 is 0.870 bits per heavy atom. The van der Waals surface area contributed by atoms with Gasteiger partial charge in [0.2, 0.25) is 5.91 Å². The minimum absolute atomic E-state index is 0. The molecule has 2 aromatic rings. The summed E-state index contributed by atoms with van der Waals surface area (Å²) in [4.78, 5) is 13.5. The van der Waals surface area contributed by atoms with E-state index in [0.717, 1.165) is 11.1 Å². The van der Waals surface area contributed by atoms with Crippen LogP contribution in [0.3, 0.4) is 0 Å². The topological polar surface area (TPSA) is 77.5 Å². The van der Waals surface area contributed by atoms with Gasteiger partial charge >= 0.3 is 29.6 Å². The first kappa shape index (κ1) is 19.9. The predicted molar refractivity (Wildman–Crippen MR) is 81.7 cm³/mol. The number of nitrogens with zero attached hydrogens (tertiary/aromatic N) is 1. The van der Waals surface area contributed by atoms with Crippen LogP contribution in [0.1, 0.15) is 11.1 Å². The predicted octanol–water partition coefficient (Wildman–Crippen LogP) is -1.24. The van der Waals surface area contributed by atoms with Crippen LogP contribution in [0.15, 0.2) is 60.7 Å². The van der Waals surface area contributed by atoms with Gasteiger partial charge in [-0.1, -0.05) is 60.7 Å². The normalized spacial score (nSPS) is 10.7. The molecule has 23 heavy (non-hydrogen) atoms. The maximum absolute atomic E-state index is 12.1. The van der Waals surface area contributed by atoms with E-state index in [0.29, 0.717) is 0 Å². The van der Waals surface area contributed by atoms with Crippen LogP contribution in [0.4, 0.5) is 0 Å². The summed E-state index contributed by atoms with van der Waals surface area (Å²) >= 11 is 0. The maximum Gasteiger partial charge on any atom is 1.00 e. The van der Waals surface area contributed by atoms with Crippen LogP contribution in [-0.2, 0) is 28.0 Å². The molecule has 0 N–H and O–H groups in total. The Morgan fingerprint density at radius 3 is 1.61 bits per heavy atom. The number of hydrogen-bond acceptors (Lipinski definition) is 4. The molecule has 0 aliphatic heterocycles. The van der Waals surface area contributed by atoms with Crippen molar-refractivity contribution in [3.8, 4) is 0 Å². The van der Waals surface area contributed by atoms with Crippen molar-refractivity contribution in [1.82, 2.24) is 4.90 Å². The molecular weight excluding hydrogens is 325 g/mol. The third-order valence-electron chi connectivity index (χ3n) is 3.09. The van der Waals surface area contributed by atoms with Crippen molar-refractivity contribution in [2.75, 3.05) is 5.75 Å². The minimum atomic E-state index is -4.59. The van der Waals surface area contributed by atoms with Gasteiger partial charge in [0.15, 0.2) is 0 Å². The Labute approximate surface area is 158 Å². The smallest absolute Gasteiger partial charge is 0.748 e. The van der Waals surface area contributed by atoms with Crippen molar-refractivity contribution in [3.63, 3.8) is 0 Å². The Balaban J connectivity index is 0.00000264. The summed E-state index contributed by atoms with van der Waals surface area (Å²) in [5, 5.41) is 0. The van der Waals surface area contributed by atoms with E-state index >= 15 is 0 Å². The quantitative estimate of drug-likeness (QED) is 0.487. The van der Waals surface area contributed by atoms with Crippen LogP contribution in [0, 0.1) is 0 Å². The molecule has 0 unspecified atom stereocenters. The Morgan fingerprint density at radius 2 is 1.26 bits per heavy atom. The van der Waals surface area contributed by atoms with E-state index in [2.05, 4.69) is 0 Å². The molecule has 0 fully saturated rings. The van der Waals surface area contributed by atoms with E-state index in [-0.39, 0.29) is 42.6 Å². The zero-order chi connectivity index (χ0) is 16.0. The van der Waals surface area contributed by atoms with Gasteiger partial charge in [-0.25, -0.2) is 8.42 Å². The van der Waals surface area contributed by atoms with Gasteiger partial charge < -0.3 is 9.45 Å². The monoisotopic (exact) mass is 341 g/mol. The molecule has 0 heterocycles. The molecule has 0 spiro atoms. The molecule has 1 amide bonds. The van der Waals surface area contributed by atoms with Gasteiger partial charge in [-0.05, 0) is 11.1 Å². The Bertz CT molecular complexity index is 679. The van der Waals surface area contributed by atoms with Crippen LogP contribution in [0.5, 0.6) is 0 Å². The average Bonchev–Trinajstić information content (AvgIpc) is 2.47. The zero-order valence-electron chi connectivity index (χ0n) is 12.9. The fourth-order valence-electron chi connectivity index (χ4n) is 2.08. The summed E-state index contributed by atoms with van der Waals surface area (Å²) in [7, 11) is -4.59. The summed E-state index contributed by atoms with van der Waals surface area (Å²) in [6.07, 6.45) is 0. The van der Waals surface area contributed by atoms with Crippen LogP contribution >= 0.6 is 0 Å². The van der Waals surface area contributed by atoms with Crippen molar-refractivity contribution in [2.45, 2.75) is 13.1 Å². The molecule has 0 aliphatic carbocycles. The van der Waals surface area contributed by atoms with Gasteiger partial charge in [-0.15, -0.1) is 0 Å². The van der Waals surface area contributed by atoms with Gasteiger partial charge in [0, 0.05) is 13.1 Å². The summed E-state index contributed by atoms with van der Waals surface area (Å²) < 4.78 is 32.5. The van der Waals surface area contributed by atoms with Crippen LogP contribution in [-0.4, -0.2) is 29.5 Å². The molecule has 0 aliphatic rings. The van der Waals surface area contributed by atoms with Crippen molar-refractivity contribution in [1.29, 1.82) is 0 Å². The first-order chi connectivity index (χ1) is 10.4. The average molecular weight is 341 g/mol. The van der Waals surface area contributed by atoms with E-state index in [9.17, 15) is 17.8 Å². The molecule has 0 radical (unpaired) electrons. The first-order valence-electron chi connectivity index (χ1n) is 6.73. The second kappa shape index (κ2) is 9.20. The van der Waals surface area contributed by atoms with Gasteiger partial charge in [0.1, 0.15) is 15.9 Å². The summed E-state index contributed by atoms with van der Waals surface area (Å²) in [6, 6.07) is 18.4. The SMILES string of the molecule is O=C(CS(=O)(=O)[O-])N(Cc1ccccc1)Cc1ccccc1.[Na+]. The molecule has 116 valence electrons. The van der Waals surface area contributed by atoms with Crippen molar-refractivity contribution in [3.05, 3.63) is 71.8 Å². The van der Waals surface area contributed by atoms with Gasteiger partial charge in [0.05, 0.1) is 0 Å². The van der Waals surface area contributed by atoms with Crippen molar-refractivity contribution >= 4 is 16.0 Å². The fraction of sp³-hybridized carbons (Fsp3) is 0.188. The molecule has 2 aromatic carbocycles. The standard InChI is InChI=1S/C16H17NO4S.Na/c18-16(13-22(19,20)21)17(11-14-7-3-1-4-8-14)12-15-9-5-2-6-10-15;/h1-10H,11-13H2,(H,19,20,21);/q;+1/p-1. The fourth-order valence-corrected chi connectivity index (χ4v) is 2.57. The van der Waals surface area contributed by atoms with Crippen LogP contribution < -0.4 is 29.6 Å². The van der Waals surface area contributed by atoms with E-state index in [1.165, 1.54) is 4.90 Å². The molecule has 0 aromatic heterocycles.